The Balaban J connectivity index is 1.81. The average Bonchev–Trinajstić information content (AvgIpc) is 2.90. The zero-order chi connectivity index (χ0) is 12.8. The summed E-state index contributed by atoms with van der Waals surface area (Å²) in [6.45, 7) is 4.61. The normalized spacial score (nSPS) is 22.9. The van der Waals surface area contributed by atoms with Crippen molar-refractivity contribution in [3.63, 3.8) is 0 Å². The lowest BCUT2D eigenvalue weighted by atomic mass is 9.83. The van der Waals surface area contributed by atoms with Gasteiger partial charge in [-0.1, -0.05) is 37.3 Å². The highest BCUT2D eigenvalue weighted by Crippen LogP contribution is 2.29. The Bertz CT molecular complexity index is 383. The Morgan fingerprint density at radius 3 is 2.78 bits per heavy atom. The van der Waals surface area contributed by atoms with Gasteiger partial charge in [0.15, 0.2) is 0 Å². The van der Waals surface area contributed by atoms with Crippen LogP contribution in [0.4, 0.5) is 0 Å². The molecule has 0 bridgehead atoms. The number of rotatable bonds is 5. The molecule has 0 spiro atoms. The topological polar surface area (TPSA) is 41.1 Å². The fourth-order valence-corrected chi connectivity index (χ4v) is 2.55. The number of amides is 1. The van der Waals surface area contributed by atoms with E-state index < -0.39 is 0 Å². The van der Waals surface area contributed by atoms with E-state index in [0.29, 0.717) is 0 Å². The molecule has 3 nitrogen and oxygen atoms in total. The Morgan fingerprint density at radius 2 is 2.17 bits per heavy atom. The molecule has 3 heteroatoms. The number of hydrogen-bond acceptors (Lipinski definition) is 2. The van der Waals surface area contributed by atoms with E-state index in [1.807, 2.05) is 18.2 Å². The van der Waals surface area contributed by atoms with E-state index in [0.717, 1.165) is 38.9 Å². The molecular weight excluding hydrogens is 224 g/mol. The van der Waals surface area contributed by atoms with Crippen LogP contribution in [-0.4, -0.2) is 25.5 Å². The van der Waals surface area contributed by atoms with Crippen LogP contribution in [0.15, 0.2) is 30.3 Å². The molecule has 98 valence electrons. The van der Waals surface area contributed by atoms with Crippen molar-refractivity contribution in [3.05, 3.63) is 35.9 Å². The van der Waals surface area contributed by atoms with Crippen molar-refractivity contribution < 1.29 is 4.79 Å². The minimum atomic E-state index is -0.170. The predicted octanol–water partition coefficient (Wildman–Crippen LogP) is 1.73. The van der Waals surface area contributed by atoms with Gasteiger partial charge in [-0.25, -0.2) is 0 Å². The molecule has 1 unspecified atom stereocenters. The summed E-state index contributed by atoms with van der Waals surface area (Å²) >= 11 is 0. The summed E-state index contributed by atoms with van der Waals surface area (Å²) in [7, 11) is 0. The Kier molecular flexibility index (Phi) is 4.37. The van der Waals surface area contributed by atoms with Crippen LogP contribution in [0.3, 0.4) is 0 Å². The van der Waals surface area contributed by atoms with Crippen molar-refractivity contribution in [2.75, 3.05) is 19.6 Å². The summed E-state index contributed by atoms with van der Waals surface area (Å²) in [5, 5.41) is 6.38. The second kappa shape index (κ2) is 6.01. The second-order valence-corrected chi connectivity index (χ2v) is 5.05. The van der Waals surface area contributed by atoms with E-state index in [1.54, 1.807) is 0 Å². The lowest BCUT2D eigenvalue weighted by Crippen LogP contribution is -2.42. The number of hydrogen-bond donors (Lipinski definition) is 2. The van der Waals surface area contributed by atoms with Crippen LogP contribution in [0.1, 0.15) is 25.3 Å². The first-order chi connectivity index (χ1) is 8.77. The number of benzene rings is 1. The fraction of sp³-hybridized carbons (Fsp3) is 0.533. The van der Waals surface area contributed by atoms with Crippen molar-refractivity contribution in [2.45, 2.75) is 26.2 Å². The summed E-state index contributed by atoms with van der Waals surface area (Å²) in [4.78, 5) is 12.2. The SMILES string of the molecule is CCC1(C(=O)NCCc2ccccc2)CCNC1. The van der Waals surface area contributed by atoms with Crippen LogP contribution >= 0.6 is 0 Å². The third-order valence-corrected chi connectivity index (χ3v) is 3.94. The second-order valence-electron chi connectivity index (χ2n) is 5.05. The quantitative estimate of drug-likeness (QED) is 0.831. The Morgan fingerprint density at radius 1 is 1.39 bits per heavy atom. The third kappa shape index (κ3) is 2.91. The van der Waals surface area contributed by atoms with Crippen molar-refractivity contribution >= 4 is 5.91 Å². The molecule has 0 radical (unpaired) electrons. The molecule has 18 heavy (non-hydrogen) atoms. The van der Waals surface area contributed by atoms with Gasteiger partial charge in [-0.3, -0.25) is 4.79 Å². The van der Waals surface area contributed by atoms with Crippen molar-refractivity contribution in [3.8, 4) is 0 Å². The number of carbonyl (C=O) groups is 1. The monoisotopic (exact) mass is 246 g/mol. The lowest BCUT2D eigenvalue weighted by molar-refractivity contribution is -0.130. The van der Waals surface area contributed by atoms with Gasteiger partial charge in [-0.05, 0) is 31.4 Å². The van der Waals surface area contributed by atoms with Crippen molar-refractivity contribution in [1.82, 2.24) is 10.6 Å². The molecule has 1 aromatic rings. The van der Waals surface area contributed by atoms with Crippen LogP contribution < -0.4 is 10.6 Å². The molecule has 0 aromatic heterocycles. The van der Waals surface area contributed by atoms with Gasteiger partial charge in [-0.15, -0.1) is 0 Å². The summed E-state index contributed by atoms with van der Waals surface area (Å²) in [6.07, 6.45) is 2.78. The molecule has 1 aliphatic heterocycles. The highest BCUT2D eigenvalue weighted by Gasteiger charge is 2.38. The summed E-state index contributed by atoms with van der Waals surface area (Å²) in [5.41, 5.74) is 1.10. The molecule has 1 heterocycles. The highest BCUT2D eigenvalue weighted by atomic mass is 16.2. The van der Waals surface area contributed by atoms with Gasteiger partial charge in [0, 0.05) is 13.1 Å². The fourth-order valence-electron chi connectivity index (χ4n) is 2.55. The molecule has 1 aromatic carbocycles. The summed E-state index contributed by atoms with van der Waals surface area (Å²) in [6, 6.07) is 10.3. The van der Waals surface area contributed by atoms with Gasteiger partial charge in [0.05, 0.1) is 5.41 Å². The average molecular weight is 246 g/mol. The molecule has 2 N–H and O–H groups in total. The zero-order valence-corrected chi connectivity index (χ0v) is 11.0. The Hall–Kier alpha value is -1.35. The molecule has 1 aliphatic rings. The number of nitrogens with one attached hydrogen (secondary N) is 2. The van der Waals surface area contributed by atoms with Gasteiger partial charge in [-0.2, -0.15) is 0 Å². The third-order valence-electron chi connectivity index (χ3n) is 3.94. The largest absolute Gasteiger partial charge is 0.355 e. The van der Waals surface area contributed by atoms with Gasteiger partial charge < -0.3 is 10.6 Å². The molecular formula is C15H22N2O. The van der Waals surface area contributed by atoms with Crippen molar-refractivity contribution in [1.29, 1.82) is 0 Å². The van der Waals surface area contributed by atoms with Crippen molar-refractivity contribution in [2.24, 2.45) is 5.41 Å². The van der Waals surface area contributed by atoms with E-state index in [1.165, 1.54) is 5.56 Å². The standard InChI is InChI=1S/C15H22N2O/c1-2-15(9-11-16-12-15)14(18)17-10-8-13-6-4-3-5-7-13/h3-7,16H,2,8-12H2,1H3,(H,17,18). The van der Waals surface area contributed by atoms with E-state index >= 15 is 0 Å². The highest BCUT2D eigenvalue weighted by molar-refractivity contribution is 5.83. The Labute approximate surface area is 109 Å². The zero-order valence-electron chi connectivity index (χ0n) is 11.0. The lowest BCUT2D eigenvalue weighted by Gasteiger charge is -2.25. The smallest absolute Gasteiger partial charge is 0.227 e. The molecule has 2 rings (SSSR count). The van der Waals surface area contributed by atoms with Gasteiger partial charge >= 0.3 is 0 Å². The van der Waals surface area contributed by atoms with Gasteiger partial charge in [0.1, 0.15) is 0 Å². The van der Waals surface area contributed by atoms with E-state index in [4.69, 9.17) is 0 Å². The number of carbonyl (C=O) groups excluding carboxylic acids is 1. The van der Waals surface area contributed by atoms with Crippen LogP contribution in [0, 0.1) is 5.41 Å². The molecule has 1 saturated heterocycles. The summed E-state index contributed by atoms with van der Waals surface area (Å²) < 4.78 is 0. The molecule has 0 saturated carbocycles. The maximum atomic E-state index is 12.2. The predicted molar refractivity (Wildman–Crippen MR) is 73.4 cm³/mol. The van der Waals surface area contributed by atoms with Crippen LogP contribution in [0.25, 0.3) is 0 Å². The molecule has 1 atom stereocenters. The molecule has 1 amide bonds. The van der Waals surface area contributed by atoms with E-state index in [9.17, 15) is 4.79 Å². The first-order valence-electron chi connectivity index (χ1n) is 6.80. The maximum Gasteiger partial charge on any atom is 0.227 e. The minimum absolute atomic E-state index is 0.170. The first-order valence-corrected chi connectivity index (χ1v) is 6.80. The van der Waals surface area contributed by atoms with E-state index in [-0.39, 0.29) is 11.3 Å². The first kappa shape index (κ1) is 13.1. The maximum absolute atomic E-state index is 12.2. The molecule has 0 aliphatic carbocycles. The molecule has 1 fully saturated rings. The van der Waals surface area contributed by atoms with Crippen LogP contribution in [0.2, 0.25) is 0 Å². The van der Waals surface area contributed by atoms with Gasteiger partial charge in [0.25, 0.3) is 0 Å². The van der Waals surface area contributed by atoms with Crippen LogP contribution in [0.5, 0.6) is 0 Å². The van der Waals surface area contributed by atoms with Gasteiger partial charge in [0.2, 0.25) is 5.91 Å². The summed E-state index contributed by atoms with van der Waals surface area (Å²) in [5.74, 6) is 0.214. The van der Waals surface area contributed by atoms with E-state index in [2.05, 4.69) is 29.7 Å². The minimum Gasteiger partial charge on any atom is -0.355 e. The van der Waals surface area contributed by atoms with Crippen LogP contribution in [-0.2, 0) is 11.2 Å².